The summed E-state index contributed by atoms with van der Waals surface area (Å²) >= 11 is 0. The molecule has 4 amide bonds. The molecular weight excluding hydrogens is 380 g/mol. The summed E-state index contributed by atoms with van der Waals surface area (Å²) in [4.78, 5) is 41.3. The number of hydrogen-bond acceptors (Lipinski definition) is 3. The van der Waals surface area contributed by atoms with Crippen LogP contribution in [0.15, 0.2) is 24.3 Å². The van der Waals surface area contributed by atoms with Crippen molar-refractivity contribution in [3.05, 3.63) is 35.4 Å². The first-order valence-electron chi connectivity index (χ1n) is 11.0. The van der Waals surface area contributed by atoms with Gasteiger partial charge >= 0.3 is 6.03 Å². The first-order chi connectivity index (χ1) is 14.4. The van der Waals surface area contributed by atoms with Crippen molar-refractivity contribution >= 4 is 17.8 Å². The van der Waals surface area contributed by atoms with E-state index in [1.165, 1.54) is 0 Å². The van der Waals surface area contributed by atoms with Gasteiger partial charge in [0, 0.05) is 44.8 Å². The van der Waals surface area contributed by atoms with Gasteiger partial charge in [-0.3, -0.25) is 9.59 Å². The van der Waals surface area contributed by atoms with Gasteiger partial charge in [0.05, 0.1) is 5.92 Å². The molecule has 1 aromatic carbocycles. The van der Waals surface area contributed by atoms with Gasteiger partial charge in [-0.25, -0.2) is 4.79 Å². The quantitative estimate of drug-likeness (QED) is 0.794. The standard InChI is InChI=1S/C23H34N4O3/c1-16-9-4-5-11-18(16)22(29)25-20-13-7-6-12-19(20)24-21(28)17-10-8-14-27(15-17)23(30)26(2)3/h4-5,9,11,17,19-20H,6-8,10,12-15H2,1-3H3,(H,24,28)(H,25,29)/t17?,19?,20-/m1/s1. The fourth-order valence-electron chi connectivity index (χ4n) is 4.50. The molecule has 0 spiro atoms. The molecule has 7 nitrogen and oxygen atoms in total. The van der Waals surface area contributed by atoms with E-state index < -0.39 is 0 Å². The Balaban J connectivity index is 1.61. The van der Waals surface area contributed by atoms with Gasteiger partial charge in [0.2, 0.25) is 5.91 Å². The second kappa shape index (κ2) is 9.96. The summed E-state index contributed by atoms with van der Waals surface area (Å²) < 4.78 is 0. The summed E-state index contributed by atoms with van der Waals surface area (Å²) in [6.45, 7) is 3.08. The van der Waals surface area contributed by atoms with Crippen LogP contribution in [-0.2, 0) is 4.79 Å². The molecule has 2 unspecified atom stereocenters. The molecule has 1 saturated heterocycles. The monoisotopic (exact) mass is 414 g/mol. The summed E-state index contributed by atoms with van der Waals surface area (Å²) in [6, 6.07) is 7.36. The Morgan fingerprint density at radius 2 is 1.63 bits per heavy atom. The molecule has 1 aromatic rings. The predicted molar refractivity (Wildman–Crippen MR) is 116 cm³/mol. The Labute approximate surface area is 179 Å². The van der Waals surface area contributed by atoms with E-state index in [0.717, 1.165) is 44.1 Å². The van der Waals surface area contributed by atoms with Crippen LogP contribution >= 0.6 is 0 Å². The number of carbonyl (C=O) groups is 3. The zero-order valence-corrected chi connectivity index (χ0v) is 18.3. The maximum absolute atomic E-state index is 13.0. The molecule has 0 radical (unpaired) electrons. The topological polar surface area (TPSA) is 81.8 Å². The number of aryl methyl sites for hydroxylation is 1. The molecule has 1 saturated carbocycles. The number of carbonyl (C=O) groups excluding carboxylic acids is 3. The summed E-state index contributed by atoms with van der Waals surface area (Å²) in [5, 5.41) is 6.35. The van der Waals surface area contributed by atoms with Crippen molar-refractivity contribution in [2.45, 2.75) is 57.5 Å². The zero-order valence-electron chi connectivity index (χ0n) is 18.3. The van der Waals surface area contributed by atoms with Gasteiger partial charge < -0.3 is 20.4 Å². The Hall–Kier alpha value is -2.57. The van der Waals surface area contributed by atoms with E-state index in [2.05, 4.69) is 10.6 Å². The Morgan fingerprint density at radius 3 is 2.30 bits per heavy atom. The number of nitrogens with one attached hydrogen (secondary N) is 2. The van der Waals surface area contributed by atoms with Crippen LogP contribution in [0.2, 0.25) is 0 Å². The molecule has 2 aliphatic rings. The molecule has 1 aliphatic heterocycles. The van der Waals surface area contributed by atoms with Gasteiger partial charge in [-0.2, -0.15) is 0 Å². The third-order valence-corrected chi connectivity index (χ3v) is 6.25. The second-order valence-corrected chi connectivity index (χ2v) is 8.76. The predicted octanol–water partition coefficient (Wildman–Crippen LogP) is 2.55. The molecule has 0 aromatic heterocycles. The van der Waals surface area contributed by atoms with E-state index in [-0.39, 0.29) is 35.8 Å². The van der Waals surface area contributed by atoms with Crippen LogP contribution in [-0.4, -0.2) is 66.9 Å². The van der Waals surface area contributed by atoms with Crippen LogP contribution in [0.4, 0.5) is 4.79 Å². The van der Waals surface area contributed by atoms with Crippen LogP contribution in [0.1, 0.15) is 54.4 Å². The highest BCUT2D eigenvalue weighted by molar-refractivity contribution is 5.95. The fraction of sp³-hybridized carbons (Fsp3) is 0.609. The van der Waals surface area contributed by atoms with E-state index in [0.29, 0.717) is 18.7 Å². The highest BCUT2D eigenvalue weighted by atomic mass is 16.2. The first kappa shape index (κ1) is 22.1. The molecule has 164 valence electrons. The van der Waals surface area contributed by atoms with Gasteiger partial charge in [-0.15, -0.1) is 0 Å². The van der Waals surface area contributed by atoms with E-state index in [4.69, 9.17) is 0 Å². The van der Waals surface area contributed by atoms with Crippen molar-refractivity contribution in [3.63, 3.8) is 0 Å². The number of piperidine rings is 1. The molecule has 1 aliphatic carbocycles. The van der Waals surface area contributed by atoms with E-state index in [9.17, 15) is 14.4 Å². The SMILES string of the molecule is Cc1ccccc1C(=O)N[C@@H]1CCCCC1NC(=O)C1CCCN(C(=O)N(C)C)C1. The summed E-state index contributed by atoms with van der Waals surface area (Å²) in [7, 11) is 3.46. The number of amides is 4. The number of benzene rings is 1. The van der Waals surface area contributed by atoms with Crippen molar-refractivity contribution in [1.29, 1.82) is 0 Å². The average molecular weight is 415 g/mol. The summed E-state index contributed by atoms with van der Waals surface area (Å²) in [6.07, 6.45) is 5.42. The Bertz CT molecular complexity index is 779. The van der Waals surface area contributed by atoms with E-state index in [1.807, 2.05) is 31.2 Å². The third-order valence-electron chi connectivity index (χ3n) is 6.25. The number of hydrogen-bond donors (Lipinski definition) is 2. The van der Waals surface area contributed by atoms with E-state index in [1.54, 1.807) is 23.9 Å². The fourth-order valence-corrected chi connectivity index (χ4v) is 4.50. The van der Waals surface area contributed by atoms with Crippen molar-refractivity contribution in [2.75, 3.05) is 27.2 Å². The molecule has 2 fully saturated rings. The summed E-state index contributed by atoms with van der Waals surface area (Å²) in [5.41, 5.74) is 1.62. The van der Waals surface area contributed by atoms with E-state index >= 15 is 0 Å². The Morgan fingerprint density at radius 1 is 0.967 bits per heavy atom. The Kier molecular flexibility index (Phi) is 7.34. The molecule has 0 bridgehead atoms. The largest absolute Gasteiger partial charge is 0.351 e. The highest BCUT2D eigenvalue weighted by Gasteiger charge is 2.33. The maximum Gasteiger partial charge on any atom is 0.319 e. The van der Waals surface area contributed by atoms with Crippen LogP contribution in [0, 0.1) is 12.8 Å². The lowest BCUT2D eigenvalue weighted by atomic mass is 9.88. The van der Waals surface area contributed by atoms with Crippen LogP contribution in [0.3, 0.4) is 0 Å². The lowest BCUT2D eigenvalue weighted by Gasteiger charge is -2.37. The average Bonchev–Trinajstić information content (AvgIpc) is 2.74. The molecule has 3 atom stereocenters. The molecule has 2 N–H and O–H groups in total. The molecule has 7 heteroatoms. The van der Waals surface area contributed by atoms with Crippen molar-refractivity contribution in [1.82, 2.24) is 20.4 Å². The van der Waals surface area contributed by atoms with Gasteiger partial charge in [0.1, 0.15) is 0 Å². The van der Waals surface area contributed by atoms with Gasteiger partial charge in [0.15, 0.2) is 0 Å². The normalized spacial score (nSPS) is 24.1. The van der Waals surface area contributed by atoms with Crippen molar-refractivity contribution in [3.8, 4) is 0 Å². The highest BCUT2D eigenvalue weighted by Crippen LogP contribution is 2.22. The van der Waals surface area contributed by atoms with Crippen LogP contribution in [0.25, 0.3) is 0 Å². The lowest BCUT2D eigenvalue weighted by molar-refractivity contribution is -0.127. The molecular formula is C23H34N4O3. The number of nitrogens with zero attached hydrogens (tertiary/aromatic N) is 2. The van der Waals surface area contributed by atoms with Gasteiger partial charge in [-0.05, 0) is 44.2 Å². The third kappa shape index (κ3) is 5.32. The number of rotatable bonds is 4. The molecule has 3 rings (SSSR count). The number of urea groups is 1. The van der Waals surface area contributed by atoms with Crippen molar-refractivity contribution < 1.29 is 14.4 Å². The zero-order chi connectivity index (χ0) is 21.7. The van der Waals surface area contributed by atoms with Crippen LogP contribution in [0.5, 0.6) is 0 Å². The minimum absolute atomic E-state index is 0.00621. The summed E-state index contributed by atoms with van der Waals surface area (Å²) in [5.74, 6) is -0.287. The van der Waals surface area contributed by atoms with Crippen molar-refractivity contribution in [2.24, 2.45) is 5.92 Å². The minimum Gasteiger partial charge on any atom is -0.351 e. The molecule has 1 heterocycles. The lowest BCUT2D eigenvalue weighted by Crippen LogP contribution is -2.56. The van der Waals surface area contributed by atoms with Gasteiger partial charge in [-0.1, -0.05) is 31.0 Å². The minimum atomic E-state index is -0.197. The number of likely N-dealkylation sites (tertiary alicyclic amines) is 1. The van der Waals surface area contributed by atoms with Gasteiger partial charge in [0.25, 0.3) is 5.91 Å². The smallest absolute Gasteiger partial charge is 0.319 e. The first-order valence-corrected chi connectivity index (χ1v) is 11.0. The molecule has 30 heavy (non-hydrogen) atoms. The van der Waals surface area contributed by atoms with Crippen LogP contribution < -0.4 is 10.6 Å². The maximum atomic E-state index is 13.0. The second-order valence-electron chi connectivity index (χ2n) is 8.76.